The highest BCUT2D eigenvalue weighted by Crippen LogP contribution is 2.39. The summed E-state index contributed by atoms with van der Waals surface area (Å²) < 4.78 is 46.6. The maximum absolute atomic E-state index is 14.4. The van der Waals surface area contributed by atoms with Gasteiger partial charge in [-0.15, -0.1) is 0 Å². The van der Waals surface area contributed by atoms with Crippen molar-refractivity contribution in [1.82, 2.24) is 15.3 Å². The second-order valence-electron chi connectivity index (χ2n) is 9.09. The van der Waals surface area contributed by atoms with Gasteiger partial charge in [0.15, 0.2) is 6.04 Å². The van der Waals surface area contributed by atoms with E-state index in [0.717, 1.165) is 21.9 Å². The van der Waals surface area contributed by atoms with Crippen LogP contribution in [-0.4, -0.2) is 52.5 Å². The molecule has 2 heterocycles. The minimum atomic E-state index is -2.91. The number of amides is 3. The molecule has 3 aromatic rings. The zero-order valence-electron chi connectivity index (χ0n) is 20.1. The Bertz CT molecular complexity index is 1410. The molecule has 210 valence electrons. The van der Waals surface area contributed by atoms with Gasteiger partial charge < -0.3 is 10.1 Å². The summed E-state index contributed by atoms with van der Waals surface area (Å²) in [6, 6.07) is 8.93. The Kier molecular flexibility index (Phi) is 8.29. The lowest BCUT2D eigenvalue weighted by Crippen LogP contribution is -2.56. The lowest BCUT2D eigenvalue weighted by Gasteiger charge is -2.39. The number of cyclic esters (lactones) is 1. The van der Waals surface area contributed by atoms with Crippen LogP contribution in [0.1, 0.15) is 31.9 Å². The van der Waals surface area contributed by atoms with Crippen LogP contribution in [-0.2, 0) is 14.3 Å². The molecule has 1 aliphatic carbocycles. The SMILES string of the molecule is C.O=C(NC1CC(F)(F)C1)[C@@H](c1ccccc1Cl)N(C(=O)[C@@H]1COC(=O)N1c1ncccn1)c1cccc(F)c1. The van der Waals surface area contributed by atoms with Crippen molar-refractivity contribution in [2.75, 3.05) is 16.4 Å². The summed E-state index contributed by atoms with van der Waals surface area (Å²) in [5.41, 5.74) is 0.125. The number of benzene rings is 2. The third kappa shape index (κ3) is 5.71. The summed E-state index contributed by atoms with van der Waals surface area (Å²) in [6.45, 7) is -0.409. The molecule has 0 bridgehead atoms. The summed E-state index contributed by atoms with van der Waals surface area (Å²) in [7, 11) is 0. The number of halogens is 4. The summed E-state index contributed by atoms with van der Waals surface area (Å²) in [5, 5.41) is 2.66. The normalized spacial score (nSPS) is 18.6. The lowest BCUT2D eigenvalue weighted by atomic mass is 9.87. The van der Waals surface area contributed by atoms with E-state index in [4.69, 9.17) is 16.3 Å². The number of carbonyl (C=O) groups is 3. The Balaban J connectivity index is 0.00000370. The molecule has 0 unspecified atom stereocenters. The lowest BCUT2D eigenvalue weighted by molar-refractivity contribution is -0.133. The fourth-order valence-corrected chi connectivity index (χ4v) is 4.81. The summed E-state index contributed by atoms with van der Waals surface area (Å²) in [6.07, 6.45) is 0.717. The molecular weight excluding hydrogens is 551 g/mol. The molecule has 0 spiro atoms. The standard InChI is InChI=1S/C26H21ClF3N5O4.CH4/c27-19-8-2-1-7-18(19)21(22(36)33-16-12-26(29,30)13-16)34(17-6-3-5-15(28)11-17)23(37)20-14-39-25(38)35(20)24-31-9-4-10-32-24;/h1-11,16,20-21H,12-14H2,(H,33,36);1H4/t20-,21+;/m0./s1. The van der Waals surface area contributed by atoms with Crippen LogP contribution in [0.15, 0.2) is 67.0 Å². The van der Waals surface area contributed by atoms with Gasteiger partial charge >= 0.3 is 6.09 Å². The molecule has 3 amide bonds. The average molecular weight is 576 g/mol. The molecule has 9 nitrogen and oxygen atoms in total. The van der Waals surface area contributed by atoms with Gasteiger partial charge in [0.25, 0.3) is 11.8 Å². The number of aromatic nitrogens is 2. The van der Waals surface area contributed by atoms with Gasteiger partial charge in [-0.1, -0.05) is 43.3 Å². The predicted octanol–water partition coefficient (Wildman–Crippen LogP) is 4.92. The van der Waals surface area contributed by atoms with E-state index >= 15 is 0 Å². The van der Waals surface area contributed by atoms with Gasteiger partial charge in [-0.3, -0.25) is 14.5 Å². The van der Waals surface area contributed by atoms with Crippen molar-refractivity contribution in [3.05, 3.63) is 83.4 Å². The second-order valence-corrected chi connectivity index (χ2v) is 9.50. The van der Waals surface area contributed by atoms with Crippen molar-refractivity contribution in [1.29, 1.82) is 0 Å². The molecule has 1 N–H and O–H groups in total. The number of carbonyl (C=O) groups excluding carboxylic acids is 3. The minimum absolute atomic E-state index is 0. The molecule has 13 heteroatoms. The van der Waals surface area contributed by atoms with Crippen LogP contribution in [0, 0.1) is 5.82 Å². The van der Waals surface area contributed by atoms with Crippen LogP contribution in [0.5, 0.6) is 0 Å². The Morgan fingerprint density at radius 1 is 1.10 bits per heavy atom. The third-order valence-electron chi connectivity index (χ3n) is 6.39. The molecule has 40 heavy (non-hydrogen) atoms. The number of hydrogen-bond acceptors (Lipinski definition) is 6. The number of nitrogens with zero attached hydrogens (tertiary/aromatic N) is 4. The van der Waals surface area contributed by atoms with Gasteiger partial charge in [-0.25, -0.2) is 32.8 Å². The molecule has 2 aliphatic rings. The topological polar surface area (TPSA) is 105 Å². The minimum Gasteiger partial charge on any atom is -0.446 e. The van der Waals surface area contributed by atoms with Gasteiger partial charge in [-0.05, 0) is 30.3 Å². The van der Waals surface area contributed by atoms with E-state index in [1.807, 2.05) is 0 Å². The van der Waals surface area contributed by atoms with Gasteiger partial charge in [0.05, 0.1) is 0 Å². The smallest absolute Gasteiger partial charge is 0.417 e. The van der Waals surface area contributed by atoms with E-state index in [1.54, 1.807) is 12.1 Å². The van der Waals surface area contributed by atoms with Crippen molar-refractivity contribution < 1.29 is 32.3 Å². The number of anilines is 2. The molecule has 1 saturated heterocycles. The second kappa shape index (κ2) is 11.5. The summed E-state index contributed by atoms with van der Waals surface area (Å²) in [4.78, 5) is 50.5. The first kappa shape index (κ1) is 28.8. The number of rotatable bonds is 7. The first-order chi connectivity index (χ1) is 18.6. The maximum Gasteiger partial charge on any atom is 0.417 e. The highest BCUT2D eigenvalue weighted by molar-refractivity contribution is 6.31. The molecule has 1 aliphatic heterocycles. The van der Waals surface area contributed by atoms with Crippen LogP contribution in [0.4, 0.5) is 29.6 Å². The molecule has 2 atom stereocenters. The Morgan fingerprint density at radius 2 is 1.80 bits per heavy atom. The quantitative estimate of drug-likeness (QED) is 0.429. The van der Waals surface area contributed by atoms with Crippen LogP contribution >= 0.6 is 11.6 Å². The van der Waals surface area contributed by atoms with E-state index in [2.05, 4.69) is 15.3 Å². The van der Waals surface area contributed by atoms with Crippen molar-refractivity contribution in [2.45, 2.75) is 44.3 Å². The fraction of sp³-hybridized carbons (Fsp3) is 0.296. The first-order valence-electron chi connectivity index (χ1n) is 11.9. The Morgan fingerprint density at radius 3 is 2.45 bits per heavy atom. The molecule has 2 aromatic carbocycles. The Hall–Kier alpha value is -4.19. The highest BCUT2D eigenvalue weighted by atomic mass is 35.5. The number of ether oxygens (including phenoxy) is 1. The van der Waals surface area contributed by atoms with Crippen molar-refractivity contribution >= 4 is 41.1 Å². The fourth-order valence-electron chi connectivity index (χ4n) is 4.57. The predicted molar refractivity (Wildman–Crippen MR) is 141 cm³/mol. The number of hydrogen-bond donors (Lipinski definition) is 1. The van der Waals surface area contributed by atoms with E-state index in [1.165, 1.54) is 42.7 Å². The molecule has 0 radical (unpaired) electrons. The average Bonchev–Trinajstić information content (AvgIpc) is 3.28. The summed E-state index contributed by atoms with van der Waals surface area (Å²) in [5.74, 6) is -5.38. The molecular formula is C27H25ClF3N5O4. The van der Waals surface area contributed by atoms with Crippen molar-refractivity contribution in [3.63, 3.8) is 0 Å². The van der Waals surface area contributed by atoms with E-state index in [9.17, 15) is 27.6 Å². The molecule has 5 rings (SSSR count). The molecule has 1 saturated carbocycles. The van der Waals surface area contributed by atoms with Gasteiger partial charge in [-0.2, -0.15) is 0 Å². The monoisotopic (exact) mass is 575 g/mol. The third-order valence-corrected chi connectivity index (χ3v) is 6.74. The molecule has 1 aromatic heterocycles. The zero-order chi connectivity index (χ0) is 27.7. The van der Waals surface area contributed by atoms with Gasteiger partial charge in [0, 0.05) is 47.6 Å². The number of alkyl halides is 2. The summed E-state index contributed by atoms with van der Waals surface area (Å²) >= 11 is 6.45. The maximum atomic E-state index is 14.4. The first-order valence-corrected chi connectivity index (χ1v) is 12.3. The van der Waals surface area contributed by atoms with Crippen molar-refractivity contribution in [2.24, 2.45) is 0 Å². The van der Waals surface area contributed by atoms with E-state index in [-0.39, 0.29) is 29.6 Å². The largest absolute Gasteiger partial charge is 0.446 e. The van der Waals surface area contributed by atoms with Crippen LogP contribution in [0.3, 0.4) is 0 Å². The van der Waals surface area contributed by atoms with E-state index < -0.39 is 67.2 Å². The number of nitrogens with one attached hydrogen (secondary N) is 1. The van der Waals surface area contributed by atoms with Crippen LogP contribution in [0.2, 0.25) is 5.02 Å². The van der Waals surface area contributed by atoms with Gasteiger partial charge in [0.2, 0.25) is 11.9 Å². The van der Waals surface area contributed by atoms with Gasteiger partial charge in [0.1, 0.15) is 18.5 Å². The van der Waals surface area contributed by atoms with Crippen molar-refractivity contribution in [3.8, 4) is 0 Å². The Labute approximate surface area is 232 Å². The van der Waals surface area contributed by atoms with E-state index in [0.29, 0.717) is 0 Å². The molecule has 2 fully saturated rings. The van der Waals surface area contributed by atoms with Crippen LogP contribution < -0.4 is 15.1 Å². The highest BCUT2D eigenvalue weighted by Gasteiger charge is 2.49. The van der Waals surface area contributed by atoms with Crippen LogP contribution in [0.25, 0.3) is 0 Å². The zero-order valence-corrected chi connectivity index (χ0v) is 20.9.